The molecule has 1 aromatic carbocycles. The summed E-state index contributed by atoms with van der Waals surface area (Å²) in [6.07, 6.45) is 0. The molecule has 17 heavy (non-hydrogen) atoms. The lowest BCUT2D eigenvalue weighted by atomic mass is 10.2. The first-order chi connectivity index (χ1) is 8.22. The van der Waals surface area contributed by atoms with Gasteiger partial charge in [0.05, 0.1) is 12.2 Å². The number of ether oxygens (including phenoxy) is 1. The Bertz CT molecular complexity index is 501. The van der Waals surface area contributed by atoms with E-state index in [-0.39, 0.29) is 23.9 Å². The van der Waals surface area contributed by atoms with E-state index < -0.39 is 11.9 Å². The van der Waals surface area contributed by atoms with Crippen molar-refractivity contribution in [2.45, 2.75) is 6.04 Å². The predicted molar refractivity (Wildman–Crippen MR) is 58.5 cm³/mol. The van der Waals surface area contributed by atoms with Crippen LogP contribution in [0.25, 0.3) is 11.4 Å². The molecule has 1 heterocycles. The van der Waals surface area contributed by atoms with Crippen molar-refractivity contribution < 1.29 is 13.7 Å². The summed E-state index contributed by atoms with van der Waals surface area (Å²) in [6, 6.07) is 5.69. The van der Waals surface area contributed by atoms with E-state index >= 15 is 0 Å². The number of halogens is 1. The lowest BCUT2D eigenvalue weighted by Crippen LogP contribution is -2.16. The average Bonchev–Trinajstić information content (AvgIpc) is 2.79. The third-order valence-electron chi connectivity index (χ3n) is 2.22. The van der Waals surface area contributed by atoms with E-state index in [1.807, 2.05) is 0 Å². The zero-order chi connectivity index (χ0) is 12.3. The molecule has 1 aromatic heterocycles. The van der Waals surface area contributed by atoms with Gasteiger partial charge >= 0.3 is 0 Å². The number of hydrogen-bond donors (Lipinski definition) is 1. The molecule has 0 spiro atoms. The Kier molecular flexibility index (Phi) is 3.46. The van der Waals surface area contributed by atoms with E-state index in [2.05, 4.69) is 10.1 Å². The second-order valence-electron chi connectivity index (χ2n) is 3.50. The van der Waals surface area contributed by atoms with Crippen molar-refractivity contribution >= 4 is 0 Å². The predicted octanol–water partition coefficient (Wildman–Crippen LogP) is 1.52. The first-order valence-corrected chi connectivity index (χ1v) is 5.05. The zero-order valence-corrected chi connectivity index (χ0v) is 9.26. The summed E-state index contributed by atoms with van der Waals surface area (Å²) in [6.45, 7) is 0.263. The summed E-state index contributed by atoms with van der Waals surface area (Å²) in [7, 11) is 1.52. The van der Waals surface area contributed by atoms with Crippen molar-refractivity contribution in [2.75, 3.05) is 13.7 Å². The topological polar surface area (TPSA) is 74.2 Å². The number of aromatic nitrogens is 2. The van der Waals surface area contributed by atoms with Crippen molar-refractivity contribution in [3.63, 3.8) is 0 Å². The largest absolute Gasteiger partial charge is 0.383 e. The molecule has 0 aliphatic rings. The van der Waals surface area contributed by atoms with Gasteiger partial charge in [0.1, 0.15) is 11.9 Å². The molecule has 2 aromatic rings. The normalized spacial score (nSPS) is 12.6. The second-order valence-corrected chi connectivity index (χ2v) is 3.50. The summed E-state index contributed by atoms with van der Waals surface area (Å²) in [5.74, 6) is 0.00918. The number of hydrogen-bond acceptors (Lipinski definition) is 5. The summed E-state index contributed by atoms with van der Waals surface area (Å²) >= 11 is 0. The monoisotopic (exact) mass is 237 g/mol. The van der Waals surface area contributed by atoms with Gasteiger partial charge in [0.25, 0.3) is 0 Å². The van der Waals surface area contributed by atoms with Crippen LogP contribution in [0.4, 0.5) is 4.39 Å². The fraction of sp³-hybridized carbons (Fsp3) is 0.273. The highest BCUT2D eigenvalue weighted by Crippen LogP contribution is 2.20. The molecule has 0 bridgehead atoms. The van der Waals surface area contributed by atoms with E-state index in [4.69, 9.17) is 15.0 Å². The zero-order valence-electron chi connectivity index (χ0n) is 9.26. The summed E-state index contributed by atoms with van der Waals surface area (Å²) in [5, 5.41) is 3.69. The molecule has 0 saturated heterocycles. The maximum absolute atomic E-state index is 13.5. The SMILES string of the molecule is COCC(N)c1nc(-c2ccccc2F)no1. The molecule has 0 saturated carbocycles. The van der Waals surface area contributed by atoms with Gasteiger partial charge in [-0.2, -0.15) is 4.98 Å². The lowest BCUT2D eigenvalue weighted by Gasteiger charge is -2.02. The first kappa shape index (κ1) is 11.7. The minimum atomic E-state index is -0.506. The number of methoxy groups -OCH3 is 1. The van der Waals surface area contributed by atoms with Crippen LogP contribution < -0.4 is 5.73 Å². The Balaban J connectivity index is 2.27. The molecule has 1 unspecified atom stereocenters. The van der Waals surface area contributed by atoms with Crippen LogP contribution in [0.15, 0.2) is 28.8 Å². The third-order valence-corrected chi connectivity index (χ3v) is 2.22. The lowest BCUT2D eigenvalue weighted by molar-refractivity contribution is 0.166. The van der Waals surface area contributed by atoms with Gasteiger partial charge in [-0.25, -0.2) is 4.39 Å². The van der Waals surface area contributed by atoms with Gasteiger partial charge in [0.15, 0.2) is 0 Å². The van der Waals surface area contributed by atoms with Crippen LogP contribution in [0.3, 0.4) is 0 Å². The van der Waals surface area contributed by atoms with Crippen molar-refractivity contribution in [3.05, 3.63) is 36.0 Å². The first-order valence-electron chi connectivity index (χ1n) is 5.05. The third kappa shape index (κ3) is 2.48. The molecule has 2 N–H and O–H groups in total. The van der Waals surface area contributed by atoms with Gasteiger partial charge in [0, 0.05) is 7.11 Å². The highest BCUT2D eigenvalue weighted by molar-refractivity contribution is 5.54. The fourth-order valence-electron chi connectivity index (χ4n) is 1.39. The van der Waals surface area contributed by atoms with Crippen LogP contribution in [-0.4, -0.2) is 23.9 Å². The van der Waals surface area contributed by atoms with Crippen LogP contribution in [0.1, 0.15) is 11.9 Å². The molecule has 0 aliphatic carbocycles. The Labute approximate surface area is 97.4 Å². The molecule has 0 fully saturated rings. The van der Waals surface area contributed by atoms with Crippen molar-refractivity contribution in [1.82, 2.24) is 10.1 Å². The molecule has 0 amide bonds. The van der Waals surface area contributed by atoms with E-state index in [9.17, 15) is 4.39 Å². The smallest absolute Gasteiger partial charge is 0.246 e. The summed E-state index contributed by atoms with van der Waals surface area (Å²) in [4.78, 5) is 4.04. The van der Waals surface area contributed by atoms with Gasteiger partial charge in [-0.05, 0) is 12.1 Å². The average molecular weight is 237 g/mol. The van der Waals surface area contributed by atoms with Crippen molar-refractivity contribution in [1.29, 1.82) is 0 Å². The number of benzene rings is 1. The maximum Gasteiger partial charge on any atom is 0.246 e. The van der Waals surface area contributed by atoms with Gasteiger partial charge in [0.2, 0.25) is 11.7 Å². The van der Waals surface area contributed by atoms with Crippen LogP contribution in [0.5, 0.6) is 0 Å². The summed E-state index contributed by atoms with van der Waals surface area (Å²) in [5.41, 5.74) is 6.00. The Morgan fingerprint density at radius 1 is 1.47 bits per heavy atom. The van der Waals surface area contributed by atoms with E-state index in [1.54, 1.807) is 18.2 Å². The van der Waals surface area contributed by atoms with Crippen LogP contribution in [0, 0.1) is 5.82 Å². The standard InChI is InChI=1S/C11H12FN3O2/c1-16-6-9(13)11-14-10(15-17-11)7-4-2-3-5-8(7)12/h2-5,9H,6,13H2,1H3. The quantitative estimate of drug-likeness (QED) is 0.872. The Morgan fingerprint density at radius 2 is 2.24 bits per heavy atom. The molecule has 5 nitrogen and oxygen atoms in total. The van der Waals surface area contributed by atoms with E-state index in [1.165, 1.54) is 13.2 Å². The maximum atomic E-state index is 13.5. The van der Waals surface area contributed by atoms with Crippen LogP contribution in [0.2, 0.25) is 0 Å². The van der Waals surface area contributed by atoms with Gasteiger partial charge in [-0.15, -0.1) is 0 Å². The fourth-order valence-corrected chi connectivity index (χ4v) is 1.39. The minimum Gasteiger partial charge on any atom is -0.383 e. The van der Waals surface area contributed by atoms with E-state index in [0.717, 1.165) is 0 Å². The molecule has 90 valence electrons. The van der Waals surface area contributed by atoms with Gasteiger partial charge < -0.3 is 15.0 Å². The summed E-state index contributed by atoms with van der Waals surface area (Å²) < 4.78 is 23.3. The van der Waals surface area contributed by atoms with Crippen LogP contribution in [-0.2, 0) is 4.74 Å². The van der Waals surface area contributed by atoms with Crippen molar-refractivity contribution in [2.24, 2.45) is 5.73 Å². The molecular weight excluding hydrogens is 225 g/mol. The molecule has 1 atom stereocenters. The number of nitrogens with zero attached hydrogens (tertiary/aromatic N) is 2. The molecule has 2 rings (SSSR count). The van der Waals surface area contributed by atoms with Gasteiger partial charge in [-0.3, -0.25) is 0 Å². The number of rotatable bonds is 4. The Hall–Kier alpha value is -1.79. The highest BCUT2D eigenvalue weighted by atomic mass is 19.1. The molecule has 6 heteroatoms. The number of nitrogens with two attached hydrogens (primary N) is 1. The molecule has 0 aliphatic heterocycles. The minimum absolute atomic E-state index is 0.185. The van der Waals surface area contributed by atoms with Crippen LogP contribution >= 0.6 is 0 Å². The van der Waals surface area contributed by atoms with Gasteiger partial charge in [-0.1, -0.05) is 17.3 Å². The van der Waals surface area contributed by atoms with E-state index in [0.29, 0.717) is 0 Å². The van der Waals surface area contributed by atoms with Crippen molar-refractivity contribution in [3.8, 4) is 11.4 Å². The molecular formula is C11H12FN3O2. The Morgan fingerprint density at radius 3 is 2.94 bits per heavy atom. The highest BCUT2D eigenvalue weighted by Gasteiger charge is 2.17. The molecule has 0 radical (unpaired) electrons. The second kappa shape index (κ2) is 5.03.